The molecule has 1 aromatic carbocycles. The molecule has 1 aliphatic carbocycles. The first-order valence-electron chi connectivity index (χ1n) is 11.5. The van der Waals surface area contributed by atoms with Crippen molar-refractivity contribution in [2.75, 3.05) is 13.1 Å². The Bertz CT molecular complexity index is 1050. The van der Waals surface area contributed by atoms with E-state index in [1.54, 1.807) is 0 Å². The van der Waals surface area contributed by atoms with Crippen molar-refractivity contribution in [3.63, 3.8) is 0 Å². The number of primary amides is 1. The number of pyridine rings is 1. The van der Waals surface area contributed by atoms with Gasteiger partial charge in [-0.3, -0.25) is 14.6 Å². The zero-order valence-electron chi connectivity index (χ0n) is 18.5. The van der Waals surface area contributed by atoms with Gasteiger partial charge in [0.2, 0.25) is 11.8 Å². The fraction of sp³-hybridized carbons (Fsp3) is 0.480. The first-order chi connectivity index (χ1) is 15.8. The number of carbonyl (C=O) groups excluding carboxylic acids is 2. The summed E-state index contributed by atoms with van der Waals surface area (Å²) in [6, 6.07) is 6.28. The SMILES string of the molecule is NC(=O)CCCCC(=O)N1CCC([C@H]2c3ncc(Br)cc3CCc3cc(Cl)cc(Br)c32)CC1. The van der Waals surface area contributed by atoms with E-state index in [1.807, 2.05) is 17.2 Å². The van der Waals surface area contributed by atoms with E-state index in [1.165, 1.54) is 16.7 Å². The second-order valence-electron chi connectivity index (χ2n) is 9.03. The number of nitrogens with zero attached hydrogens (tertiary/aromatic N) is 2. The van der Waals surface area contributed by atoms with Crippen LogP contribution in [0.3, 0.4) is 0 Å². The van der Waals surface area contributed by atoms with Crippen LogP contribution in [0.15, 0.2) is 33.3 Å². The van der Waals surface area contributed by atoms with Gasteiger partial charge in [-0.1, -0.05) is 27.5 Å². The summed E-state index contributed by atoms with van der Waals surface area (Å²) in [6.45, 7) is 1.50. The summed E-state index contributed by atoms with van der Waals surface area (Å²) in [5.74, 6) is 0.436. The molecule has 176 valence electrons. The molecule has 0 radical (unpaired) electrons. The van der Waals surface area contributed by atoms with Crippen molar-refractivity contribution < 1.29 is 9.59 Å². The molecule has 2 N–H and O–H groups in total. The lowest BCUT2D eigenvalue weighted by atomic mass is 9.76. The molecule has 4 rings (SSSR count). The number of carbonyl (C=O) groups is 2. The van der Waals surface area contributed by atoms with Crippen molar-refractivity contribution in [2.24, 2.45) is 11.7 Å². The molecule has 0 bridgehead atoms. The van der Waals surface area contributed by atoms with E-state index in [0.29, 0.717) is 31.6 Å². The third kappa shape index (κ3) is 5.80. The third-order valence-corrected chi connectivity index (χ3v) is 8.15. The molecule has 2 aliphatic rings. The van der Waals surface area contributed by atoms with Crippen LogP contribution in [-0.2, 0) is 22.4 Å². The largest absolute Gasteiger partial charge is 0.370 e. The molecular formula is C25H28Br2ClN3O2. The number of amides is 2. The average molecular weight is 598 g/mol. The number of piperidine rings is 1. The Balaban J connectivity index is 1.53. The lowest BCUT2D eigenvalue weighted by Gasteiger charge is -2.37. The zero-order chi connectivity index (χ0) is 23.5. The van der Waals surface area contributed by atoms with Crippen LogP contribution in [0.4, 0.5) is 0 Å². The Morgan fingerprint density at radius 2 is 1.76 bits per heavy atom. The second-order valence-corrected chi connectivity index (χ2v) is 11.2. The molecule has 0 saturated carbocycles. The molecule has 1 saturated heterocycles. The number of hydrogen-bond donors (Lipinski definition) is 1. The second kappa shape index (κ2) is 10.9. The van der Waals surface area contributed by atoms with Crippen molar-refractivity contribution in [2.45, 2.75) is 57.3 Å². The number of nitrogens with two attached hydrogens (primary N) is 1. The van der Waals surface area contributed by atoms with Crippen LogP contribution in [0.5, 0.6) is 0 Å². The fourth-order valence-electron chi connectivity index (χ4n) is 5.25. The molecule has 33 heavy (non-hydrogen) atoms. The van der Waals surface area contributed by atoms with Crippen LogP contribution in [-0.4, -0.2) is 34.8 Å². The van der Waals surface area contributed by atoms with E-state index < -0.39 is 0 Å². The highest BCUT2D eigenvalue weighted by Crippen LogP contribution is 2.46. The van der Waals surface area contributed by atoms with Crippen molar-refractivity contribution in [3.8, 4) is 0 Å². The van der Waals surface area contributed by atoms with Gasteiger partial charge >= 0.3 is 0 Å². The number of aromatic nitrogens is 1. The van der Waals surface area contributed by atoms with Gasteiger partial charge in [-0.25, -0.2) is 0 Å². The molecule has 1 aromatic heterocycles. The molecule has 2 amide bonds. The summed E-state index contributed by atoms with van der Waals surface area (Å²) in [5, 5.41) is 0.747. The molecule has 1 aliphatic heterocycles. The van der Waals surface area contributed by atoms with Crippen LogP contribution < -0.4 is 5.73 Å². The highest BCUT2D eigenvalue weighted by Gasteiger charge is 2.36. The number of benzene rings is 1. The molecule has 8 heteroatoms. The van der Waals surface area contributed by atoms with Gasteiger partial charge in [0.05, 0.1) is 5.69 Å². The van der Waals surface area contributed by atoms with Crippen molar-refractivity contribution >= 4 is 55.3 Å². The van der Waals surface area contributed by atoms with Crippen molar-refractivity contribution in [3.05, 3.63) is 60.7 Å². The maximum absolute atomic E-state index is 12.7. The summed E-state index contributed by atoms with van der Waals surface area (Å²) >= 11 is 13.8. The number of rotatable bonds is 6. The highest BCUT2D eigenvalue weighted by molar-refractivity contribution is 9.10. The molecular weight excluding hydrogens is 570 g/mol. The van der Waals surface area contributed by atoms with Crippen LogP contribution in [0.25, 0.3) is 0 Å². The molecule has 1 atom stereocenters. The first-order valence-corrected chi connectivity index (χ1v) is 13.5. The van der Waals surface area contributed by atoms with E-state index in [2.05, 4.69) is 44.0 Å². The van der Waals surface area contributed by atoms with Gasteiger partial charge in [-0.2, -0.15) is 0 Å². The Morgan fingerprint density at radius 1 is 1.06 bits per heavy atom. The van der Waals surface area contributed by atoms with E-state index in [9.17, 15) is 9.59 Å². The van der Waals surface area contributed by atoms with E-state index >= 15 is 0 Å². The lowest BCUT2D eigenvalue weighted by molar-refractivity contribution is -0.133. The van der Waals surface area contributed by atoms with Gasteiger partial charge in [-0.15, -0.1) is 0 Å². The zero-order valence-corrected chi connectivity index (χ0v) is 22.4. The minimum atomic E-state index is -0.305. The Hall–Kier alpha value is -1.44. The van der Waals surface area contributed by atoms with Gasteiger partial charge in [-0.05, 0) is 95.3 Å². The fourth-order valence-corrected chi connectivity index (χ4v) is 6.75. The molecule has 0 spiro atoms. The van der Waals surface area contributed by atoms with Gasteiger partial charge < -0.3 is 10.6 Å². The molecule has 0 unspecified atom stereocenters. The Labute approximate surface area is 216 Å². The smallest absolute Gasteiger partial charge is 0.222 e. The summed E-state index contributed by atoms with van der Waals surface area (Å²) < 4.78 is 2.04. The van der Waals surface area contributed by atoms with Gasteiger partial charge in [0, 0.05) is 52.0 Å². The quantitative estimate of drug-likeness (QED) is 0.430. The molecule has 2 heterocycles. The summed E-state index contributed by atoms with van der Waals surface area (Å²) in [6.07, 6.45) is 7.82. The maximum Gasteiger partial charge on any atom is 0.222 e. The van der Waals surface area contributed by atoms with E-state index in [-0.39, 0.29) is 17.7 Å². The molecule has 5 nitrogen and oxygen atoms in total. The highest BCUT2D eigenvalue weighted by atomic mass is 79.9. The van der Waals surface area contributed by atoms with E-state index in [0.717, 1.165) is 58.4 Å². The topological polar surface area (TPSA) is 76.3 Å². The average Bonchev–Trinajstić information content (AvgIpc) is 2.93. The Kier molecular flexibility index (Phi) is 8.13. The van der Waals surface area contributed by atoms with Crippen molar-refractivity contribution in [1.82, 2.24) is 9.88 Å². The van der Waals surface area contributed by atoms with Gasteiger partial charge in [0.25, 0.3) is 0 Å². The van der Waals surface area contributed by atoms with Crippen LogP contribution in [0, 0.1) is 5.92 Å². The van der Waals surface area contributed by atoms with Gasteiger partial charge in [0.1, 0.15) is 0 Å². The summed E-state index contributed by atoms with van der Waals surface area (Å²) in [7, 11) is 0. The van der Waals surface area contributed by atoms with Crippen LogP contribution in [0.1, 0.15) is 66.8 Å². The third-order valence-electron chi connectivity index (χ3n) is 6.84. The lowest BCUT2D eigenvalue weighted by Crippen LogP contribution is -2.40. The van der Waals surface area contributed by atoms with Crippen molar-refractivity contribution in [1.29, 1.82) is 0 Å². The van der Waals surface area contributed by atoms with Gasteiger partial charge in [0.15, 0.2) is 0 Å². The normalized spacial score (nSPS) is 18.4. The summed E-state index contributed by atoms with van der Waals surface area (Å²) in [5.41, 5.74) is 10.2. The number of aryl methyl sites for hydroxylation is 2. The number of likely N-dealkylation sites (tertiary alicyclic amines) is 1. The summed E-state index contributed by atoms with van der Waals surface area (Å²) in [4.78, 5) is 30.5. The predicted octanol–water partition coefficient (Wildman–Crippen LogP) is 5.77. The van der Waals surface area contributed by atoms with Crippen LogP contribution >= 0.6 is 43.5 Å². The number of unbranched alkanes of at least 4 members (excludes halogenated alkanes) is 1. The number of fused-ring (bicyclic) bond motifs is 2. The standard InChI is InChI=1S/C25H28Br2ClN3O2/c26-18-11-17-6-5-16-12-19(28)13-20(27)23(16)24(25(17)30-14-18)15-7-9-31(10-8-15)22(33)4-2-1-3-21(29)32/h11-15,24H,1-10H2,(H2,29,32)/t24-/m1/s1. The molecule has 2 aromatic rings. The Morgan fingerprint density at radius 3 is 2.48 bits per heavy atom. The monoisotopic (exact) mass is 595 g/mol. The van der Waals surface area contributed by atoms with E-state index in [4.69, 9.17) is 22.3 Å². The van der Waals surface area contributed by atoms with Crippen LogP contribution in [0.2, 0.25) is 5.02 Å². The minimum Gasteiger partial charge on any atom is -0.370 e. The maximum atomic E-state index is 12.7. The number of hydrogen-bond acceptors (Lipinski definition) is 3. The first kappa shape index (κ1) is 24.7. The molecule has 1 fully saturated rings. The number of halogens is 3. The predicted molar refractivity (Wildman–Crippen MR) is 137 cm³/mol. The minimum absolute atomic E-state index is 0.171.